The van der Waals surface area contributed by atoms with Crippen LogP contribution in [0.4, 0.5) is 10.1 Å². The molecule has 9 heteroatoms. The summed E-state index contributed by atoms with van der Waals surface area (Å²) in [6.45, 7) is 5.16. The lowest BCUT2D eigenvalue weighted by molar-refractivity contribution is -0.0204. The van der Waals surface area contributed by atoms with Gasteiger partial charge >= 0.3 is 0 Å². The minimum atomic E-state index is -0.313. The van der Waals surface area contributed by atoms with Crippen LogP contribution in [-0.2, 0) is 23.0 Å². The summed E-state index contributed by atoms with van der Waals surface area (Å²) in [5.74, 6) is 0.00490. The van der Waals surface area contributed by atoms with E-state index in [1.807, 2.05) is 42.3 Å². The molecule has 2 aromatic carbocycles. The number of hydroxylamine groups is 2. The molecule has 4 rings (SSSR count). The molecule has 0 aliphatic carbocycles. The van der Waals surface area contributed by atoms with E-state index in [1.165, 1.54) is 29.2 Å². The van der Waals surface area contributed by atoms with E-state index in [2.05, 4.69) is 16.7 Å². The second-order valence-electron chi connectivity index (χ2n) is 8.51. The minimum absolute atomic E-state index is 0.0936. The van der Waals surface area contributed by atoms with E-state index >= 15 is 0 Å². The first-order valence-electron chi connectivity index (χ1n) is 11.6. The third kappa shape index (κ3) is 5.98. The second-order valence-corrected chi connectivity index (χ2v) is 9.19. The van der Waals surface area contributed by atoms with Crippen LogP contribution < -0.4 is 4.90 Å². The number of anilines is 1. The number of halogens is 1. The Morgan fingerprint density at radius 3 is 2.67 bits per heavy atom. The summed E-state index contributed by atoms with van der Waals surface area (Å²) in [5, 5.41) is 4.31. The van der Waals surface area contributed by atoms with Gasteiger partial charge in [-0.25, -0.2) is 14.4 Å². The number of amides is 1. The van der Waals surface area contributed by atoms with E-state index in [9.17, 15) is 14.1 Å². The molecule has 2 heterocycles. The standard InChI is InChI=1S/C27H27FN4O3S/c1-19(12-14-30-34)25-23-13-15-32(35-36-18-21-6-4-3-5-7-21)27(33)26(23)29-16-24(25)31(2)17-20-8-10-22(28)11-9-20/h3-11,16H,1,12-15,17-18H2,2H3. The Kier molecular flexibility index (Phi) is 8.45. The van der Waals surface area contributed by atoms with Crippen molar-refractivity contribution in [3.8, 4) is 0 Å². The predicted octanol–water partition coefficient (Wildman–Crippen LogP) is 5.81. The number of rotatable bonds is 11. The van der Waals surface area contributed by atoms with E-state index in [4.69, 9.17) is 4.28 Å². The Morgan fingerprint density at radius 1 is 1.19 bits per heavy atom. The highest BCUT2D eigenvalue weighted by Gasteiger charge is 2.31. The highest BCUT2D eigenvalue weighted by Crippen LogP contribution is 2.35. The van der Waals surface area contributed by atoms with Crippen LogP contribution in [0, 0.1) is 10.7 Å². The number of hydrogen-bond donors (Lipinski definition) is 0. The van der Waals surface area contributed by atoms with E-state index in [1.54, 1.807) is 18.3 Å². The maximum Gasteiger partial charge on any atom is 0.297 e. The first-order valence-corrected chi connectivity index (χ1v) is 12.5. The van der Waals surface area contributed by atoms with E-state index in [0.717, 1.165) is 33.5 Å². The van der Waals surface area contributed by atoms with Gasteiger partial charge in [0.1, 0.15) is 11.5 Å². The molecule has 0 spiro atoms. The van der Waals surface area contributed by atoms with E-state index in [-0.39, 0.29) is 18.3 Å². The molecule has 0 bridgehead atoms. The van der Waals surface area contributed by atoms with Crippen LogP contribution in [0.5, 0.6) is 0 Å². The number of nitroso groups, excluding NO2 is 1. The molecule has 36 heavy (non-hydrogen) atoms. The van der Waals surface area contributed by atoms with Crippen LogP contribution >= 0.6 is 12.0 Å². The van der Waals surface area contributed by atoms with Gasteiger partial charge in [0.25, 0.3) is 5.91 Å². The molecule has 1 amide bonds. The van der Waals surface area contributed by atoms with Crippen molar-refractivity contribution in [1.29, 1.82) is 0 Å². The molecule has 0 N–H and O–H groups in total. The topological polar surface area (TPSA) is 75.1 Å². The van der Waals surface area contributed by atoms with Crippen molar-refractivity contribution in [2.24, 2.45) is 5.18 Å². The molecule has 0 saturated carbocycles. The summed E-state index contributed by atoms with van der Waals surface area (Å²) in [5.41, 5.74) is 5.43. The average molecular weight is 507 g/mol. The molecule has 186 valence electrons. The minimum Gasteiger partial charge on any atom is -0.369 e. The van der Waals surface area contributed by atoms with Gasteiger partial charge in [-0.1, -0.05) is 54.2 Å². The van der Waals surface area contributed by atoms with Crippen molar-refractivity contribution in [3.63, 3.8) is 0 Å². The monoisotopic (exact) mass is 506 g/mol. The van der Waals surface area contributed by atoms with Crippen molar-refractivity contribution < 1.29 is 13.5 Å². The van der Waals surface area contributed by atoms with Crippen LogP contribution in [-0.4, -0.2) is 36.1 Å². The highest BCUT2D eigenvalue weighted by molar-refractivity contribution is 7.93. The zero-order chi connectivity index (χ0) is 25.5. The molecular formula is C27H27FN4O3S. The van der Waals surface area contributed by atoms with Crippen molar-refractivity contribution in [2.45, 2.75) is 25.1 Å². The average Bonchev–Trinajstić information content (AvgIpc) is 2.90. The fraction of sp³-hybridized carbons (Fsp3) is 0.259. The van der Waals surface area contributed by atoms with Gasteiger partial charge in [0.2, 0.25) is 0 Å². The van der Waals surface area contributed by atoms with Crippen LogP contribution in [0.3, 0.4) is 0 Å². The summed E-state index contributed by atoms with van der Waals surface area (Å²) >= 11 is 1.20. The van der Waals surface area contributed by atoms with Crippen molar-refractivity contribution in [2.75, 3.05) is 25.0 Å². The number of benzene rings is 2. The molecule has 1 aliphatic heterocycles. The SMILES string of the molecule is C=C(CCN=O)c1c(N(C)Cc2ccc(F)cc2)cnc2c1CCN(OSCc1ccccc1)C2=O. The molecule has 0 unspecified atom stereocenters. The van der Waals surface area contributed by atoms with Crippen LogP contribution in [0.2, 0.25) is 0 Å². The number of hydrogen-bond acceptors (Lipinski definition) is 7. The second kappa shape index (κ2) is 11.9. The molecule has 1 aromatic heterocycles. The summed E-state index contributed by atoms with van der Waals surface area (Å²) in [6, 6.07) is 16.2. The third-order valence-corrected chi connectivity index (χ3v) is 6.70. The Balaban J connectivity index is 1.56. The van der Waals surface area contributed by atoms with Gasteiger partial charge in [-0.15, -0.1) is 0 Å². The maximum absolute atomic E-state index is 13.3. The number of carbonyl (C=O) groups excluding carboxylic acids is 1. The number of fused-ring (bicyclic) bond motifs is 1. The fourth-order valence-electron chi connectivity index (χ4n) is 4.14. The Hall–Kier alpha value is -3.56. The zero-order valence-corrected chi connectivity index (χ0v) is 20.8. The zero-order valence-electron chi connectivity index (χ0n) is 20.0. The lowest BCUT2D eigenvalue weighted by Crippen LogP contribution is -2.37. The van der Waals surface area contributed by atoms with Gasteiger partial charge in [0.05, 0.1) is 25.0 Å². The normalized spacial score (nSPS) is 12.8. The van der Waals surface area contributed by atoms with Gasteiger partial charge in [0.15, 0.2) is 0 Å². The molecule has 1 aliphatic rings. The van der Waals surface area contributed by atoms with Gasteiger partial charge in [-0.2, -0.15) is 9.19 Å². The fourth-order valence-corrected chi connectivity index (χ4v) is 4.79. The molecule has 0 fully saturated rings. The summed E-state index contributed by atoms with van der Waals surface area (Å²) in [4.78, 5) is 30.5. The Labute approximate surface area is 214 Å². The lowest BCUT2D eigenvalue weighted by atomic mass is 9.91. The summed E-state index contributed by atoms with van der Waals surface area (Å²) in [6.07, 6.45) is 2.55. The molecule has 0 saturated heterocycles. The van der Waals surface area contributed by atoms with Gasteiger partial charge in [-0.05, 0) is 47.2 Å². The van der Waals surface area contributed by atoms with Gasteiger partial charge in [0, 0.05) is 37.0 Å². The Bertz CT molecular complexity index is 1240. The molecule has 3 aromatic rings. The van der Waals surface area contributed by atoms with Crippen LogP contribution in [0.15, 0.2) is 72.5 Å². The quantitative estimate of drug-likeness (QED) is 0.242. The maximum atomic E-state index is 13.3. The van der Waals surface area contributed by atoms with Crippen molar-refractivity contribution in [1.82, 2.24) is 10.0 Å². The third-order valence-electron chi connectivity index (χ3n) is 5.97. The number of nitrogens with zero attached hydrogens (tertiary/aromatic N) is 4. The largest absolute Gasteiger partial charge is 0.369 e. The molecule has 0 radical (unpaired) electrons. The van der Waals surface area contributed by atoms with E-state index in [0.29, 0.717) is 37.4 Å². The number of pyridine rings is 1. The molecule has 7 nitrogen and oxygen atoms in total. The highest BCUT2D eigenvalue weighted by atomic mass is 32.2. The van der Waals surface area contributed by atoms with E-state index < -0.39 is 0 Å². The summed E-state index contributed by atoms with van der Waals surface area (Å²) in [7, 11) is 1.90. The molecular weight excluding hydrogens is 479 g/mol. The lowest BCUT2D eigenvalue weighted by Gasteiger charge is -2.31. The first kappa shape index (κ1) is 25.5. The molecule has 0 atom stereocenters. The van der Waals surface area contributed by atoms with Crippen molar-refractivity contribution >= 4 is 29.2 Å². The predicted molar refractivity (Wildman–Crippen MR) is 141 cm³/mol. The summed E-state index contributed by atoms with van der Waals surface area (Å²) < 4.78 is 19.1. The smallest absolute Gasteiger partial charge is 0.297 e. The van der Waals surface area contributed by atoms with Crippen LogP contribution in [0.1, 0.15) is 39.2 Å². The van der Waals surface area contributed by atoms with Crippen LogP contribution in [0.25, 0.3) is 5.57 Å². The first-order chi connectivity index (χ1) is 17.5. The van der Waals surface area contributed by atoms with Gasteiger partial charge in [-0.3, -0.25) is 4.79 Å². The van der Waals surface area contributed by atoms with Crippen molar-refractivity contribution in [3.05, 3.63) is 106 Å². The van der Waals surface area contributed by atoms with Gasteiger partial charge < -0.3 is 4.90 Å². The number of aromatic nitrogens is 1. The number of carbonyl (C=O) groups is 1. The Morgan fingerprint density at radius 2 is 1.94 bits per heavy atom.